The Bertz CT molecular complexity index is 1890. The summed E-state index contributed by atoms with van der Waals surface area (Å²) >= 11 is 0. The monoisotopic (exact) mass is 802 g/mol. The third-order valence-corrected chi connectivity index (χ3v) is 9.63. The molecule has 13 N–H and O–H groups in total. The van der Waals surface area contributed by atoms with Gasteiger partial charge in [-0.1, -0.05) is 0 Å². The average molecular weight is 803 g/mol. The van der Waals surface area contributed by atoms with E-state index in [0.29, 0.717) is 0 Å². The van der Waals surface area contributed by atoms with Crippen molar-refractivity contribution in [2.24, 2.45) is 0 Å². The highest BCUT2D eigenvalue weighted by Gasteiger charge is 2.50. The zero-order valence-corrected chi connectivity index (χ0v) is 29.2. The molecule has 2 aromatic carbocycles. The van der Waals surface area contributed by atoms with E-state index in [0.717, 1.165) is 12.1 Å². The van der Waals surface area contributed by atoms with Gasteiger partial charge in [-0.3, -0.25) is 4.79 Å². The van der Waals surface area contributed by atoms with Gasteiger partial charge >= 0.3 is 0 Å². The number of phenolic OH excluding ortho intramolecular Hbond substituents is 3. The fourth-order valence-electron chi connectivity index (χ4n) is 6.43. The standard InChI is InChI=1S/C34H42O22/c1-49-14-4-10(2-3-12(14)37)30-31(23(42)19-13(38)5-11(36)6-15(19)52-30)56-34-29(48)26(45)22(41)18(55-34)9-51-33-28(47)25(44)21(40)17(54-33)8-50-32-27(46)24(43)20(39)16(7-35)53-32/h2-6,16-18,20-22,24-29,32-41,43-48H,7-9H2,1H3/t16-,17-,18-,20-,21-,22-,24+,25+,26+,27-,28-,29-,32-,33-,34+/m1/s1. The first kappa shape index (κ1) is 41.7. The van der Waals surface area contributed by atoms with Crippen molar-refractivity contribution in [3.63, 3.8) is 0 Å². The van der Waals surface area contributed by atoms with Crippen LogP contribution in [-0.4, -0.2) is 185 Å². The van der Waals surface area contributed by atoms with Crippen LogP contribution in [0.1, 0.15) is 0 Å². The van der Waals surface area contributed by atoms with Gasteiger partial charge < -0.3 is 104 Å². The first-order valence-corrected chi connectivity index (χ1v) is 17.1. The summed E-state index contributed by atoms with van der Waals surface area (Å²) < 4.78 is 44.2. The number of aliphatic hydroxyl groups is 10. The maximum Gasteiger partial charge on any atom is 0.239 e. The minimum Gasteiger partial charge on any atom is -0.508 e. The molecule has 22 heteroatoms. The molecule has 4 heterocycles. The molecule has 0 spiro atoms. The van der Waals surface area contributed by atoms with Gasteiger partial charge in [0.15, 0.2) is 29.8 Å². The van der Waals surface area contributed by atoms with Crippen molar-refractivity contribution in [2.45, 2.75) is 92.1 Å². The number of aromatic hydroxyl groups is 3. The van der Waals surface area contributed by atoms with Crippen LogP contribution in [0.25, 0.3) is 22.3 Å². The Morgan fingerprint density at radius 1 is 0.625 bits per heavy atom. The molecule has 0 amide bonds. The van der Waals surface area contributed by atoms with E-state index in [1.54, 1.807) is 0 Å². The van der Waals surface area contributed by atoms with Gasteiger partial charge in [0.1, 0.15) is 95.7 Å². The van der Waals surface area contributed by atoms with Crippen LogP contribution in [0.2, 0.25) is 0 Å². The molecular weight excluding hydrogens is 760 g/mol. The molecular formula is C34H42O22. The summed E-state index contributed by atoms with van der Waals surface area (Å²) in [7, 11) is 1.25. The predicted molar refractivity (Wildman–Crippen MR) is 179 cm³/mol. The Morgan fingerprint density at radius 3 is 1.70 bits per heavy atom. The number of rotatable bonds is 11. The smallest absolute Gasteiger partial charge is 0.239 e. The quantitative estimate of drug-likeness (QED) is 0.0867. The first-order chi connectivity index (χ1) is 26.6. The molecule has 1 aromatic heterocycles. The molecule has 0 saturated carbocycles. The Hall–Kier alpha value is -3.95. The van der Waals surface area contributed by atoms with Crippen LogP contribution in [0.5, 0.6) is 28.7 Å². The number of aliphatic hydroxyl groups excluding tert-OH is 10. The van der Waals surface area contributed by atoms with E-state index in [2.05, 4.69) is 0 Å². The van der Waals surface area contributed by atoms with Crippen molar-refractivity contribution in [3.05, 3.63) is 40.6 Å². The Labute approximate surface area is 314 Å². The minimum atomic E-state index is -2.05. The number of ether oxygens (including phenoxy) is 7. The van der Waals surface area contributed by atoms with Gasteiger partial charge in [0.05, 0.1) is 26.9 Å². The average Bonchev–Trinajstić information content (AvgIpc) is 3.17. The van der Waals surface area contributed by atoms with Crippen LogP contribution < -0.4 is 14.9 Å². The summed E-state index contributed by atoms with van der Waals surface area (Å²) in [6.07, 6.45) is -26.8. The summed E-state index contributed by atoms with van der Waals surface area (Å²) in [6.45, 7) is -2.19. The zero-order chi connectivity index (χ0) is 40.7. The number of benzene rings is 2. The number of fused-ring (bicyclic) bond motifs is 1. The molecule has 3 fully saturated rings. The van der Waals surface area contributed by atoms with E-state index in [4.69, 9.17) is 37.6 Å². The van der Waals surface area contributed by atoms with Crippen LogP contribution in [-0.2, 0) is 23.7 Å². The topological polar surface area (TPSA) is 358 Å². The molecule has 310 valence electrons. The van der Waals surface area contributed by atoms with Crippen LogP contribution >= 0.6 is 0 Å². The van der Waals surface area contributed by atoms with Crippen LogP contribution in [0.4, 0.5) is 0 Å². The molecule has 15 atom stereocenters. The first-order valence-electron chi connectivity index (χ1n) is 17.1. The molecule has 0 bridgehead atoms. The van der Waals surface area contributed by atoms with E-state index in [1.807, 2.05) is 0 Å². The highest BCUT2D eigenvalue weighted by molar-refractivity contribution is 5.88. The lowest BCUT2D eigenvalue weighted by atomic mass is 9.98. The molecule has 3 aliphatic heterocycles. The van der Waals surface area contributed by atoms with Crippen molar-refractivity contribution in [3.8, 4) is 40.1 Å². The third kappa shape index (κ3) is 7.95. The van der Waals surface area contributed by atoms with Crippen LogP contribution in [0.15, 0.2) is 39.5 Å². The number of phenols is 3. The van der Waals surface area contributed by atoms with E-state index in [9.17, 15) is 71.2 Å². The van der Waals surface area contributed by atoms with Gasteiger partial charge in [0.2, 0.25) is 17.5 Å². The molecule has 56 heavy (non-hydrogen) atoms. The summed E-state index contributed by atoms with van der Waals surface area (Å²) in [4.78, 5) is 13.8. The number of hydrogen-bond donors (Lipinski definition) is 13. The van der Waals surface area contributed by atoms with Crippen molar-refractivity contribution in [2.75, 3.05) is 26.9 Å². The lowest BCUT2D eigenvalue weighted by Crippen LogP contribution is -2.63. The molecule has 6 rings (SSSR count). The number of methoxy groups -OCH3 is 1. The molecule has 22 nitrogen and oxygen atoms in total. The van der Waals surface area contributed by atoms with E-state index < -0.39 is 140 Å². The van der Waals surface area contributed by atoms with Gasteiger partial charge in [-0.2, -0.15) is 0 Å². The summed E-state index contributed by atoms with van der Waals surface area (Å²) in [5.41, 5.74) is -1.29. The second-order valence-corrected chi connectivity index (χ2v) is 13.3. The maximum absolute atomic E-state index is 13.8. The number of hydrogen-bond acceptors (Lipinski definition) is 22. The molecule has 0 aliphatic carbocycles. The SMILES string of the molecule is COc1cc(-c2oc3cc(O)cc(O)c3c(=O)c2O[C@@H]2O[C@H](CO[C@@H]3O[C@H](CO[C@@H]4O[C@H](CO)[C@@H](O)[C@H](O)[C@H]4O)[C@@H](O)[C@H](O)[C@H]3O)[C@@H](O)[C@H](O)[C@H]2O)ccc1O. The maximum atomic E-state index is 13.8. The fraction of sp³-hybridized carbons (Fsp3) is 0.559. The van der Waals surface area contributed by atoms with Crippen molar-refractivity contribution in [1.82, 2.24) is 0 Å². The van der Waals surface area contributed by atoms with E-state index in [1.165, 1.54) is 25.3 Å². The normalized spacial score (nSPS) is 36.4. The van der Waals surface area contributed by atoms with Gasteiger partial charge in [-0.05, 0) is 18.2 Å². The van der Waals surface area contributed by atoms with Gasteiger partial charge in [0, 0.05) is 17.7 Å². The largest absolute Gasteiger partial charge is 0.508 e. The van der Waals surface area contributed by atoms with Crippen molar-refractivity contribution < 1.29 is 104 Å². The Balaban J connectivity index is 1.21. The third-order valence-electron chi connectivity index (χ3n) is 9.63. The minimum absolute atomic E-state index is 0.0523. The van der Waals surface area contributed by atoms with E-state index in [-0.39, 0.29) is 28.4 Å². The summed E-state index contributed by atoms with van der Waals surface area (Å²) in [6, 6.07) is 5.64. The predicted octanol–water partition coefficient (Wildman–Crippen LogP) is -4.59. The molecule has 0 unspecified atom stereocenters. The molecule has 3 aliphatic rings. The highest BCUT2D eigenvalue weighted by Crippen LogP contribution is 2.40. The molecule has 3 saturated heterocycles. The van der Waals surface area contributed by atoms with Gasteiger partial charge in [-0.25, -0.2) is 0 Å². The van der Waals surface area contributed by atoms with Crippen LogP contribution in [0, 0.1) is 0 Å². The Morgan fingerprint density at radius 2 is 1.14 bits per heavy atom. The highest BCUT2D eigenvalue weighted by atomic mass is 16.7. The second-order valence-electron chi connectivity index (χ2n) is 13.3. The molecule has 3 aromatic rings. The fourth-order valence-corrected chi connectivity index (χ4v) is 6.43. The second kappa shape index (κ2) is 16.9. The lowest BCUT2D eigenvalue weighted by Gasteiger charge is -2.43. The van der Waals surface area contributed by atoms with Gasteiger partial charge in [-0.15, -0.1) is 0 Å². The molecule has 0 radical (unpaired) electrons. The van der Waals surface area contributed by atoms with E-state index >= 15 is 0 Å². The Kier molecular flexibility index (Phi) is 12.6. The lowest BCUT2D eigenvalue weighted by molar-refractivity contribution is -0.339. The summed E-state index contributed by atoms with van der Waals surface area (Å²) in [5.74, 6) is -2.61. The zero-order valence-electron chi connectivity index (χ0n) is 29.2. The van der Waals surface area contributed by atoms with Crippen LogP contribution in [0.3, 0.4) is 0 Å². The van der Waals surface area contributed by atoms with Crippen molar-refractivity contribution in [1.29, 1.82) is 0 Å². The van der Waals surface area contributed by atoms with Gasteiger partial charge in [0.25, 0.3) is 0 Å². The van der Waals surface area contributed by atoms with Crippen molar-refractivity contribution >= 4 is 11.0 Å². The summed E-state index contributed by atoms with van der Waals surface area (Å²) in [5, 5.41) is 134.